The SMILES string of the molecule is CCc1cc(Nc2ncc(C(F)(F)F)cn2)c2ncc(-c3ncncc3C(F)(F)F)nc2n1. The van der Waals surface area contributed by atoms with E-state index in [-0.39, 0.29) is 28.5 Å². The Morgan fingerprint density at radius 2 is 1.58 bits per heavy atom. The predicted molar refractivity (Wildman–Crippen MR) is 103 cm³/mol. The van der Waals surface area contributed by atoms with Crippen molar-refractivity contribution in [2.75, 3.05) is 5.32 Å². The lowest BCUT2D eigenvalue weighted by Gasteiger charge is -2.12. The minimum atomic E-state index is -4.71. The molecule has 170 valence electrons. The molecule has 1 N–H and O–H groups in total. The lowest BCUT2D eigenvalue weighted by atomic mass is 10.1. The summed E-state index contributed by atoms with van der Waals surface area (Å²) < 4.78 is 78.2. The van der Waals surface area contributed by atoms with Crippen molar-refractivity contribution in [1.82, 2.24) is 34.9 Å². The molecule has 0 aliphatic heterocycles. The first kappa shape index (κ1) is 22.2. The van der Waals surface area contributed by atoms with Gasteiger partial charge in [-0.3, -0.25) is 0 Å². The van der Waals surface area contributed by atoms with Gasteiger partial charge in [0.05, 0.1) is 17.4 Å². The van der Waals surface area contributed by atoms with E-state index in [9.17, 15) is 26.3 Å². The molecule has 0 aliphatic rings. The van der Waals surface area contributed by atoms with Gasteiger partial charge in [-0.2, -0.15) is 26.3 Å². The monoisotopic (exact) mass is 466 g/mol. The normalized spacial score (nSPS) is 12.2. The van der Waals surface area contributed by atoms with Crippen molar-refractivity contribution in [2.24, 2.45) is 0 Å². The molecule has 0 unspecified atom stereocenters. The van der Waals surface area contributed by atoms with Crippen LogP contribution in [0.1, 0.15) is 23.7 Å². The molecule has 4 aromatic heterocycles. The number of nitrogens with one attached hydrogen (secondary N) is 1. The molecule has 4 rings (SSSR count). The summed E-state index contributed by atoms with van der Waals surface area (Å²) in [7, 11) is 0. The number of pyridine rings is 1. The average Bonchev–Trinajstić information content (AvgIpc) is 2.77. The van der Waals surface area contributed by atoms with Crippen molar-refractivity contribution in [1.29, 1.82) is 0 Å². The van der Waals surface area contributed by atoms with E-state index in [0.29, 0.717) is 30.7 Å². The van der Waals surface area contributed by atoms with Crippen LogP contribution >= 0.6 is 0 Å². The van der Waals surface area contributed by atoms with E-state index in [1.165, 1.54) is 0 Å². The topological polar surface area (TPSA) is 102 Å². The second-order valence-corrected chi connectivity index (χ2v) is 6.64. The Morgan fingerprint density at radius 1 is 0.848 bits per heavy atom. The number of nitrogens with zero attached hydrogens (tertiary/aromatic N) is 7. The zero-order chi connectivity index (χ0) is 23.8. The van der Waals surface area contributed by atoms with Crippen LogP contribution in [-0.4, -0.2) is 34.9 Å². The second kappa shape index (κ2) is 8.18. The Kier molecular flexibility index (Phi) is 5.51. The summed E-state index contributed by atoms with van der Waals surface area (Å²) >= 11 is 0. The van der Waals surface area contributed by atoms with Gasteiger partial charge in [0.1, 0.15) is 28.8 Å². The lowest BCUT2D eigenvalue weighted by Crippen LogP contribution is -2.10. The molecule has 33 heavy (non-hydrogen) atoms. The molecule has 0 saturated carbocycles. The summed E-state index contributed by atoms with van der Waals surface area (Å²) in [6.07, 6.45) is -4.93. The highest BCUT2D eigenvalue weighted by Crippen LogP contribution is 2.35. The molecule has 4 heterocycles. The highest BCUT2D eigenvalue weighted by molar-refractivity contribution is 5.88. The van der Waals surface area contributed by atoms with Crippen molar-refractivity contribution in [3.8, 4) is 11.4 Å². The van der Waals surface area contributed by atoms with E-state index in [0.717, 1.165) is 12.5 Å². The largest absolute Gasteiger partial charge is 0.420 e. The van der Waals surface area contributed by atoms with Gasteiger partial charge in [-0.15, -0.1) is 0 Å². The van der Waals surface area contributed by atoms with Gasteiger partial charge in [-0.25, -0.2) is 34.9 Å². The number of aryl methyl sites for hydroxylation is 1. The molecule has 14 heteroatoms. The minimum Gasteiger partial charge on any atom is -0.322 e. The smallest absolute Gasteiger partial charge is 0.322 e. The highest BCUT2D eigenvalue weighted by atomic mass is 19.4. The Bertz CT molecular complexity index is 1300. The van der Waals surface area contributed by atoms with E-state index < -0.39 is 29.2 Å². The standard InChI is InChI=1S/C19H12F6N8/c1-2-10-3-12(33-17-28-4-9(5-29-17)18(20,21)22)15-16(31-10)32-13(7-27-15)14-11(19(23,24)25)6-26-8-30-14/h3-8H,2H2,1H3,(H,28,29,31,32,33). The fourth-order valence-corrected chi connectivity index (χ4v) is 2.84. The summed E-state index contributed by atoms with van der Waals surface area (Å²) in [5.41, 5.74) is -1.80. The molecule has 0 aliphatic carbocycles. The molecule has 0 radical (unpaired) electrons. The zero-order valence-electron chi connectivity index (χ0n) is 16.6. The predicted octanol–water partition coefficient (Wildman–Crippen LogP) is 4.62. The number of halogens is 6. The number of aromatic nitrogens is 7. The number of rotatable bonds is 4. The fraction of sp³-hybridized carbons (Fsp3) is 0.211. The summed E-state index contributed by atoms with van der Waals surface area (Å²) in [5, 5.41) is 2.76. The molecule has 0 aromatic carbocycles. The Balaban J connectivity index is 1.77. The van der Waals surface area contributed by atoms with Gasteiger partial charge in [0.15, 0.2) is 5.65 Å². The third-order valence-corrected chi connectivity index (χ3v) is 4.42. The first-order valence-electron chi connectivity index (χ1n) is 9.26. The molecular weight excluding hydrogens is 454 g/mol. The lowest BCUT2D eigenvalue weighted by molar-refractivity contribution is -0.138. The average molecular weight is 466 g/mol. The van der Waals surface area contributed by atoms with Crippen LogP contribution in [0, 0.1) is 0 Å². The van der Waals surface area contributed by atoms with Crippen molar-refractivity contribution < 1.29 is 26.3 Å². The summed E-state index contributed by atoms with van der Waals surface area (Å²) in [4.78, 5) is 27.1. The molecule has 0 fully saturated rings. The molecule has 8 nitrogen and oxygen atoms in total. The number of fused-ring (bicyclic) bond motifs is 1. The number of hydrogen-bond acceptors (Lipinski definition) is 8. The van der Waals surface area contributed by atoms with E-state index >= 15 is 0 Å². The number of anilines is 2. The van der Waals surface area contributed by atoms with Gasteiger partial charge in [-0.05, 0) is 12.5 Å². The van der Waals surface area contributed by atoms with Crippen LogP contribution in [0.25, 0.3) is 22.6 Å². The third kappa shape index (κ3) is 4.63. The summed E-state index contributed by atoms with van der Waals surface area (Å²) in [6.45, 7) is 1.79. The Hall–Kier alpha value is -3.97. The van der Waals surface area contributed by atoms with Gasteiger partial charge < -0.3 is 5.32 Å². The number of alkyl halides is 6. The van der Waals surface area contributed by atoms with Crippen molar-refractivity contribution in [3.63, 3.8) is 0 Å². The number of hydrogen-bond donors (Lipinski definition) is 1. The van der Waals surface area contributed by atoms with E-state index in [1.54, 1.807) is 13.0 Å². The van der Waals surface area contributed by atoms with Crippen LogP contribution in [0.2, 0.25) is 0 Å². The van der Waals surface area contributed by atoms with Gasteiger partial charge in [-0.1, -0.05) is 6.92 Å². The van der Waals surface area contributed by atoms with E-state index in [4.69, 9.17) is 0 Å². The van der Waals surface area contributed by atoms with Crippen LogP contribution in [0.15, 0.2) is 37.2 Å². The first-order valence-corrected chi connectivity index (χ1v) is 9.26. The van der Waals surface area contributed by atoms with Crippen LogP contribution in [0.5, 0.6) is 0 Å². The molecule has 0 amide bonds. The maximum Gasteiger partial charge on any atom is 0.420 e. The highest BCUT2D eigenvalue weighted by Gasteiger charge is 2.35. The third-order valence-electron chi connectivity index (χ3n) is 4.42. The Morgan fingerprint density at radius 3 is 2.21 bits per heavy atom. The maximum atomic E-state index is 13.3. The van der Waals surface area contributed by atoms with Crippen LogP contribution in [-0.2, 0) is 18.8 Å². The fourth-order valence-electron chi connectivity index (χ4n) is 2.84. The van der Waals surface area contributed by atoms with Gasteiger partial charge in [0.25, 0.3) is 0 Å². The minimum absolute atomic E-state index is 0.00741. The second-order valence-electron chi connectivity index (χ2n) is 6.64. The maximum absolute atomic E-state index is 13.3. The van der Waals surface area contributed by atoms with Gasteiger partial charge in [0, 0.05) is 24.3 Å². The van der Waals surface area contributed by atoms with Crippen LogP contribution < -0.4 is 5.32 Å². The molecule has 0 bridgehead atoms. The van der Waals surface area contributed by atoms with E-state index in [1.807, 2.05) is 0 Å². The Labute approximate surface area is 181 Å². The van der Waals surface area contributed by atoms with Crippen molar-refractivity contribution in [3.05, 3.63) is 54.0 Å². The van der Waals surface area contributed by atoms with Crippen LogP contribution in [0.3, 0.4) is 0 Å². The van der Waals surface area contributed by atoms with Crippen LogP contribution in [0.4, 0.5) is 38.0 Å². The molecule has 0 saturated heterocycles. The zero-order valence-corrected chi connectivity index (χ0v) is 16.6. The van der Waals surface area contributed by atoms with Gasteiger partial charge >= 0.3 is 12.4 Å². The van der Waals surface area contributed by atoms with Crippen molar-refractivity contribution in [2.45, 2.75) is 25.7 Å². The summed E-state index contributed by atoms with van der Waals surface area (Å²) in [6, 6.07) is 1.57. The molecule has 0 atom stereocenters. The summed E-state index contributed by atoms with van der Waals surface area (Å²) in [5.74, 6) is -0.140. The molecule has 4 aromatic rings. The quantitative estimate of drug-likeness (QED) is 0.435. The molecule has 0 spiro atoms. The van der Waals surface area contributed by atoms with Crippen molar-refractivity contribution >= 4 is 22.8 Å². The van der Waals surface area contributed by atoms with E-state index in [2.05, 4.69) is 40.2 Å². The first-order chi connectivity index (χ1) is 15.6. The molecular formula is C19H12F6N8. The van der Waals surface area contributed by atoms with Gasteiger partial charge in [0.2, 0.25) is 5.95 Å².